The van der Waals surface area contributed by atoms with E-state index in [4.69, 9.17) is 0 Å². The Bertz CT molecular complexity index is 941. The molecule has 1 unspecified atom stereocenters. The standard InChI is InChI=1S/C22H28FN3O3S/c1-25(2)21(17-6-4-3-5-7-17)16-24-22(27)18-12-14-26(15-13-18)30(28,29)20-10-8-19(23)9-11-20/h3-11,18,21H,12-16H2,1-2H3,(H,24,27). The van der Waals surface area contributed by atoms with Crippen molar-refractivity contribution in [3.05, 3.63) is 66.0 Å². The maximum absolute atomic E-state index is 13.1. The number of likely N-dealkylation sites (N-methyl/N-ethyl adjacent to an activating group) is 1. The second-order valence-corrected chi connectivity index (χ2v) is 9.71. The molecule has 1 heterocycles. The zero-order chi connectivity index (χ0) is 21.7. The van der Waals surface area contributed by atoms with Gasteiger partial charge in [-0.3, -0.25) is 4.79 Å². The number of piperidine rings is 1. The summed E-state index contributed by atoms with van der Waals surface area (Å²) >= 11 is 0. The van der Waals surface area contributed by atoms with Gasteiger partial charge >= 0.3 is 0 Å². The average Bonchev–Trinajstić information content (AvgIpc) is 2.74. The molecule has 1 aliphatic heterocycles. The summed E-state index contributed by atoms with van der Waals surface area (Å²) in [7, 11) is 0.277. The van der Waals surface area contributed by atoms with Crippen LogP contribution in [0, 0.1) is 11.7 Å². The number of hydrogen-bond donors (Lipinski definition) is 1. The molecule has 1 amide bonds. The van der Waals surface area contributed by atoms with Crippen molar-refractivity contribution in [1.82, 2.24) is 14.5 Å². The highest BCUT2D eigenvalue weighted by Crippen LogP contribution is 2.24. The van der Waals surface area contributed by atoms with Crippen LogP contribution in [0.25, 0.3) is 0 Å². The van der Waals surface area contributed by atoms with Crippen LogP contribution >= 0.6 is 0 Å². The van der Waals surface area contributed by atoms with E-state index in [0.717, 1.165) is 17.7 Å². The SMILES string of the molecule is CN(C)C(CNC(=O)C1CCN(S(=O)(=O)c2ccc(F)cc2)CC1)c1ccccc1. The molecule has 3 rings (SSSR count). The summed E-state index contributed by atoms with van der Waals surface area (Å²) in [6.45, 7) is 1.03. The number of carbonyl (C=O) groups is 1. The molecule has 6 nitrogen and oxygen atoms in total. The van der Waals surface area contributed by atoms with E-state index < -0.39 is 15.8 Å². The number of benzene rings is 2. The Hall–Kier alpha value is -2.29. The highest BCUT2D eigenvalue weighted by molar-refractivity contribution is 7.89. The molecule has 1 aliphatic rings. The molecule has 0 aliphatic carbocycles. The molecule has 1 fully saturated rings. The molecule has 0 bridgehead atoms. The summed E-state index contributed by atoms with van der Waals surface area (Å²) in [5.74, 6) is -0.740. The van der Waals surface area contributed by atoms with Crippen LogP contribution < -0.4 is 5.32 Å². The van der Waals surface area contributed by atoms with Gasteiger partial charge in [-0.1, -0.05) is 30.3 Å². The molecular formula is C22H28FN3O3S. The molecule has 1 saturated heterocycles. The topological polar surface area (TPSA) is 69.7 Å². The van der Waals surface area contributed by atoms with Crippen molar-refractivity contribution in [3.63, 3.8) is 0 Å². The van der Waals surface area contributed by atoms with Crippen molar-refractivity contribution >= 4 is 15.9 Å². The molecular weight excluding hydrogens is 405 g/mol. The lowest BCUT2D eigenvalue weighted by atomic mass is 9.97. The van der Waals surface area contributed by atoms with E-state index in [9.17, 15) is 17.6 Å². The first-order chi connectivity index (χ1) is 14.3. The van der Waals surface area contributed by atoms with Crippen LogP contribution in [0.15, 0.2) is 59.5 Å². The second-order valence-electron chi connectivity index (χ2n) is 7.77. The van der Waals surface area contributed by atoms with Gasteiger partial charge in [-0.2, -0.15) is 4.31 Å². The molecule has 2 aromatic carbocycles. The van der Waals surface area contributed by atoms with E-state index in [0.29, 0.717) is 19.4 Å². The van der Waals surface area contributed by atoms with Gasteiger partial charge < -0.3 is 10.2 Å². The van der Waals surface area contributed by atoms with E-state index in [1.165, 1.54) is 16.4 Å². The summed E-state index contributed by atoms with van der Waals surface area (Å²) in [5.41, 5.74) is 1.13. The van der Waals surface area contributed by atoms with Crippen molar-refractivity contribution in [2.45, 2.75) is 23.8 Å². The third kappa shape index (κ3) is 5.24. The van der Waals surface area contributed by atoms with E-state index in [1.807, 2.05) is 44.4 Å². The molecule has 0 spiro atoms. The Kier molecular flexibility index (Phi) is 7.23. The number of amides is 1. The predicted molar refractivity (Wildman–Crippen MR) is 114 cm³/mol. The number of halogens is 1. The third-order valence-corrected chi connectivity index (χ3v) is 7.47. The normalized spacial score (nSPS) is 17.1. The van der Waals surface area contributed by atoms with Crippen molar-refractivity contribution in [1.29, 1.82) is 0 Å². The van der Waals surface area contributed by atoms with Gasteiger partial charge in [0.2, 0.25) is 15.9 Å². The van der Waals surface area contributed by atoms with Gasteiger partial charge in [-0.25, -0.2) is 12.8 Å². The molecule has 0 radical (unpaired) electrons. The van der Waals surface area contributed by atoms with Crippen LogP contribution in [0.4, 0.5) is 4.39 Å². The smallest absolute Gasteiger partial charge is 0.243 e. The first kappa shape index (κ1) is 22.4. The van der Waals surface area contributed by atoms with E-state index in [2.05, 4.69) is 10.2 Å². The fourth-order valence-corrected chi connectivity index (χ4v) is 5.20. The van der Waals surface area contributed by atoms with Crippen LogP contribution in [0.1, 0.15) is 24.4 Å². The number of carbonyl (C=O) groups excluding carboxylic acids is 1. The Labute approximate surface area is 177 Å². The second kappa shape index (κ2) is 9.68. The van der Waals surface area contributed by atoms with E-state index >= 15 is 0 Å². The minimum Gasteiger partial charge on any atom is -0.354 e. The Morgan fingerprint density at radius 2 is 1.70 bits per heavy atom. The van der Waals surface area contributed by atoms with Crippen molar-refractivity contribution in [2.75, 3.05) is 33.7 Å². The van der Waals surface area contributed by atoms with Gasteiger partial charge in [0.05, 0.1) is 10.9 Å². The zero-order valence-corrected chi connectivity index (χ0v) is 18.1. The molecule has 8 heteroatoms. The van der Waals surface area contributed by atoms with Gasteiger partial charge in [-0.15, -0.1) is 0 Å². The summed E-state index contributed by atoms with van der Waals surface area (Å²) in [6.07, 6.45) is 0.925. The van der Waals surface area contributed by atoms with Crippen molar-refractivity contribution in [2.24, 2.45) is 5.92 Å². The van der Waals surface area contributed by atoms with Gasteiger partial charge in [0.25, 0.3) is 0 Å². The van der Waals surface area contributed by atoms with Crippen LogP contribution in [0.2, 0.25) is 0 Å². The van der Waals surface area contributed by atoms with Crippen LogP contribution in [0.3, 0.4) is 0 Å². The zero-order valence-electron chi connectivity index (χ0n) is 17.3. The Balaban J connectivity index is 1.55. The van der Waals surface area contributed by atoms with Crippen LogP contribution in [0.5, 0.6) is 0 Å². The van der Waals surface area contributed by atoms with Gasteiger partial charge in [0.15, 0.2) is 0 Å². The predicted octanol–water partition coefficient (Wildman–Crippen LogP) is 2.65. The number of sulfonamides is 1. The molecule has 0 saturated carbocycles. The Morgan fingerprint density at radius 1 is 1.10 bits per heavy atom. The summed E-state index contributed by atoms with van der Waals surface area (Å²) in [5, 5.41) is 3.03. The molecule has 1 N–H and O–H groups in total. The van der Waals surface area contributed by atoms with Crippen LogP contribution in [-0.2, 0) is 14.8 Å². The lowest BCUT2D eigenvalue weighted by Gasteiger charge is -2.31. The van der Waals surface area contributed by atoms with Crippen molar-refractivity contribution in [3.8, 4) is 0 Å². The highest BCUT2D eigenvalue weighted by Gasteiger charge is 2.32. The first-order valence-corrected chi connectivity index (χ1v) is 11.5. The molecule has 30 heavy (non-hydrogen) atoms. The number of nitrogens with one attached hydrogen (secondary N) is 1. The first-order valence-electron chi connectivity index (χ1n) is 10.0. The number of hydrogen-bond acceptors (Lipinski definition) is 4. The minimum atomic E-state index is -3.67. The Morgan fingerprint density at radius 3 is 2.27 bits per heavy atom. The average molecular weight is 434 g/mol. The summed E-state index contributed by atoms with van der Waals surface area (Å²) in [6, 6.07) is 14.9. The molecule has 2 aromatic rings. The fraction of sp³-hybridized carbons (Fsp3) is 0.409. The van der Waals surface area contributed by atoms with Crippen molar-refractivity contribution < 1.29 is 17.6 Å². The third-order valence-electron chi connectivity index (χ3n) is 5.55. The maximum atomic E-state index is 13.1. The van der Waals surface area contributed by atoms with E-state index in [-0.39, 0.29) is 35.9 Å². The maximum Gasteiger partial charge on any atom is 0.243 e. The number of rotatable bonds is 7. The van der Waals surface area contributed by atoms with Gasteiger partial charge in [-0.05, 0) is 56.8 Å². The summed E-state index contributed by atoms with van der Waals surface area (Å²) in [4.78, 5) is 14.8. The van der Waals surface area contributed by atoms with Crippen LogP contribution in [-0.4, -0.2) is 57.3 Å². The largest absolute Gasteiger partial charge is 0.354 e. The fourth-order valence-electron chi connectivity index (χ4n) is 3.73. The van der Waals surface area contributed by atoms with Gasteiger partial charge in [0, 0.05) is 25.6 Å². The molecule has 1 atom stereocenters. The monoisotopic (exact) mass is 433 g/mol. The summed E-state index contributed by atoms with van der Waals surface area (Å²) < 4.78 is 39.9. The van der Waals surface area contributed by atoms with E-state index in [1.54, 1.807) is 0 Å². The van der Waals surface area contributed by atoms with Gasteiger partial charge in [0.1, 0.15) is 5.82 Å². The lowest BCUT2D eigenvalue weighted by Crippen LogP contribution is -2.44. The highest BCUT2D eigenvalue weighted by atomic mass is 32.2. The molecule has 162 valence electrons. The lowest BCUT2D eigenvalue weighted by molar-refractivity contribution is -0.126. The molecule has 0 aromatic heterocycles. The minimum absolute atomic E-state index is 0.0448. The number of nitrogens with zero attached hydrogens (tertiary/aromatic N) is 2. The quantitative estimate of drug-likeness (QED) is 0.729.